The molecule has 1 aliphatic heterocycles. The van der Waals surface area contributed by atoms with Crippen LogP contribution in [0.2, 0.25) is 10.0 Å². The van der Waals surface area contributed by atoms with E-state index < -0.39 is 0 Å². The lowest BCUT2D eigenvalue weighted by molar-refractivity contribution is 0.107. The Hall–Kier alpha value is -1.56. The summed E-state index contributed by atoms with van der Waals surface area (Å²) >= 11 is 12.6. The molecule has 0 atom stereocenters. The molecule has 2 aromatic rings. The molecule has 4 rings (SSSR count). The normalized spacial score (nSPS) is 18.4. The summed E-state index contributed by atoms with van der Waals surface area (Å²) in [5, 5.41) is 1.15. The molecular weight excluding hydrogens is 395 g/mol. The van der Waals surface area contributed by atoms with Gasteiger partial charge in [-0.25, -0.2) is 4.98 Å². The van der Waals surface area contributed by atoms with Crippen molar-refractivity contribution in [1.82, 2.24) is 14.5 Å². The van der Waals surface area contributed by atoms with Gasteiger partial charge in [-0.15, -0.1) is 0 Å². The summed E-state index contributed by atoms with van der Waals surface area (Å²) < 4.78 is 1.82. The van der Waals surface area contributed by atoms with E-state index in [1.165, 1.54) is 32.1 Å². The van der Waals surface area contributed by atoms with Crippen LogP contribution in [0, 0.1) is 6.92 Å². The molecule has 0 spiro atoms. The third-order valence-corrected chi connectivity index (χ3v) is 6.38. The molecule has 0 unspecified atom stereocenters. The van der Waals surface area contributed by atoms with Crippen molar-refractivity contribution in [2.45, 2.75) is 65.1 Å². The standard InChI is InChI=1S/C21H26Cl2N4O/c1-3-19-14(2)24-21-26(18-10-15(22)9-16(23)11-18)12-25(13-27(21)20(19)28)17-7-5-4-6-8-17/h9-11,17H,3-8,12-13H2,1-2H3. The fourth-order valence-corrected chi connectivity index (χ4v) is 4.98. The first-order valence-corrected chi connectivity index (χ1v) is 10.8. The molecule has 1 aromatic carbocycles. The van der Waals surface area contributed by atoms with Crippen LogP contribution in [0.5, 0.6) is 0 Å². The Labute approximate surface area is 175 Å². The number of benzene rings is 1. The van der Waals surface area contributed by atoms with Gasteiger partial charge in [-0.05, 0) is 44.4 Å². The Morgan fingerprint density at radius 1 is 1.07 bits per heavy atom. The summed E-state index contributed by atoms with van der Waals surface area (Å²) in [6.45, 7) is 5.19. The molecule has 2 aliphatic rings. The number of fused-ring (bicyclic) bond motifs is 1. The molecule has 1 saturated carbocycles. The zero-order valence-electron chi connectivity index (χ0n) is 16.4. The molecule has 0 amide bonds. The van der Waals surface area contributed by atoms with Gasteiger partial charge in [0.25, 0.3) is 5.56 Å². The highest BCUT2D eigenvalue weighted by atomic mass is 35.5. The number of aryl methyl sites for hydroxylation is 1. The molecule has 0 N–H and O–H groups in total. The van der Waals surface area contributed by atoms with Gasteiger partial charge in [-0.1, -0.05) is 49.4 Å². The van der Waals surface area contributed by atoms with Gasteiger partial charge in [0.1, 0.15) is 0 Å². The lowest BCUT2D eigenvalue weighted by atomic mass is 9.94. The molecule has 150 valence electrons. The van der Waals surface area contributed by atoms with Crippen molar-refractivity contribution in [2.75, 3.05) is 11.6 Å². The maximum atomic E-state index is 13.2. The van der Waals surface area contributed by atoms with Crippen LogP contribution in [0.3, 0.4) is 0 Å². The predicted octanol–water partition coefficient (Wildman–Crippen LogP) is 5.12. The molecular formula is C21H26Cl2N4O. The Bertz CT molecular complexity index is 916. The number of rotatable bonds is 3. The van der Waals surface area contributed by atoms with Crippen molar-refractivity contribution in [3.8, 4) is 0 Å². The van der Waals surface area contributed by atoms with E-state index in [0.717, 1.165) is 16.9 Å². The number of hydrogen-bond acceptors (Lipinski definition) is 4. The molecule has 2 heterocycles. The van der Waals surface area contributed by atoms with Crippen molar-refractivity contribution >= 4 is 34.8 Å². The number of nitrogens with zero attached hydrogens (tertiary/aromatic N) is 4. The predicted molar refractivity (Wildman–Crippen MR) is 115 cm³/mol. The minimum absolute atomic E-state index is 0.0589. The third-order valence-electron chi connectivity index (χ3n) is 5.94. The van der Waals surface area contributed by atoms with E-state index in [1.807, 2.05) is 30.5 Å². The summed E-state index contributed by atoms with van der Waals surface area (Å²) in [7, 11) is 0. The average Bonchev–Trinajstić information content (AvgIpc) is 2.68. The van der Waals surface area contributed by atoms with Gasteiger partial charge in [0.2, 0.25) is 5.95 Å². The van der Waals surface area contributed by atoms with Crippen molar-refractivity contribution < 1.29 is 0 Å². The Balaban J connectivity index is 1.83. The Morgan fingerprint density at radius 2 is 1.75 bits per heavy atom. The van der Waals surface area contributed by atoms with Crippen LogP contribution in [0.15, 0.2) is 23.0 Å². The first-order valence-electron chi connectivity index (χ1n) is 10.1. The van der Waals surface area contributed by atoms with Gasteiger partial charge < -0.3 is 0 Å². The van der Waals surface area contributed by atoms with Crippen molar-refractivity contribution in [3.05, 3.63) is 49.9 Å². The average molecular weight is 421 g/mol. The van der Waals surface area contributed by atoms with E-state index in [1.54, 1.807) is 6.07 Å². The summed E-state index contributed by atoms with van der Waals surface area (Å²) in [6, 6.07) is 5.98. The molecule has 7 heteroatoms. The van der Waals surface area contributed by atoms with Gasteiger partial charge in [0.05, 0.1) is 13.3 Å². The Kier molecular flexibility index (Phi) is 5.68. The van der Waals surface area contributed by atoms with Crippen LogP contribution in [0.25, 0.3) is 0 Å². The number of hydrogen-bond donors (Lipinski definition) is 0. The smallest absolute Gasteiger partial charge is 0.259 e. The quantitative estimate of drug-likeness (QED) is 0.690. The van der Waals surface area contributed by atoms with Crippen molar-refractivity contribution in [3.63, 3.8) is 0 Å². The first-order chi connectivity index (χ1) is 13.5. The lowest BCUT2D eigenvalue weighted by Crippen LogP contribution is -2.52. The van der Waals surface area contributed by atoms with E-state index in [-0.39, 0.29) is 5.56 Å². The van der Waals surface area contributed by atoms with Crippen molar-refractivity contribution in [2.24, 2.45) is 0 Å². The van der Waals surface area contributed by atoms with Crippen molar-refractivity contribution in [1.29, 1.82) is 0 Å². The zero-order valence-corrected chi connectivity index (χ0v) is 17.9. The maximum absolute atomic E-state index is 13.2. The van der Waals surface area contributed by atoms with Gasteiger partial charge >= 0.3 is 0 Å². The van der Waals surface area contributed by atoms with Crippen LogP contribution in [0.1, 0.15) is 50.3 Å². The molecule has 1 aliphatic carbocycles. The van der Waals surface area contributed by atoms with E-state index >= 15 is 0 Å². The number of aromatic nitrogens is 2. The minimum atomic E-state index is 0.0589. The fourth-order valence-electron chi connectivity index (χ4n) is 4.47. The number of halogens is 2. The molecule has 1 aromatic heterocycles. The monoisotopic (exact) mass is 420 g/mol. The van der Waals surface area contributed by atoms with Crippen LogP contribution in [-0.2, 0) is 13.1 Å². The lowest BCUT2D eigenvalue weighted by Gasteiger charge is -2.43. The minimum Gasteiger partial charge on any atom is -0.298 e. The SMILES string of the molecule is CCc1c(C)nc2n(c1=O)CN(C1CCCCC1)CN2c1cc(Cl)cc(Cl)c1. The summed E-state index contributed by atoms with van der Waals surface area (Å²) in [5.74, 6) is 0.671. The molecule has 0 radical (unpaired) electrons. The van der Waals surface area contributed by atoms with E-state index in [9.17, 15) is 4.79 Å². The van der Waals surface area contributed by atoms with E-state index in [0.29, 0.717) is 41.8 Å². The van der Waals surface area contributed by atoms with Crippen LogP contribution in [-0.4, -0.2) is 27.2 Å². The van der Waals surface area contributed by atoms with Crippen LogP contribution in [0.4, 0.5) is 11.6 Å². The second-order valence-corrected chi connectivity index (χ2v) is 8.65. The molecule has 0 bridgehead atoms. The highest BCUT2D eigenvalue weighted by Crippen LogP contribution is 2.34. The first kappa shape index (κ1) is 19.7. The van der Waals surface area contributed by atoms with Gasteiger partial charge in [-0.3, -0.25) is 19.2 Å². The summed E-state index contributed by atoms with van der Waals surface area (Å²) in [4.78, 5) is 22.5. The molecule has 0 saturated heterocycles. The van der Waals surface area contributed by atoms with E-state index in [4.69, 9.17) is 28.2 Å². The summed E-state index contributed by atoms with van der Waals surface area (Å²) in [5.41, 5.74) is 2.51. The summed E-state index contributed by atoms with van der Waals surface area (Å²) in [6.07, 6.45) is 6.83. The highest BCUT2D eigenvalue weighted by Gasteiger charge is 2.32. The van der Waals surface area contributed by atoms with Crippen LogP contribution >= 0.6 is 23.2 Å². The van der Waals surface area contributed by atoms with Gasteiger partial charge in [0, 0.05) is 33.0 Å². The molecule has 1 fully saturated rings. The topological polar surface area (TPSA) is 41.4 Å². The number of anilines is 2. The third kappa shape index (κ3) is 3.68. The molecule has 5 nitrogen and oxygen atoms in total. The molecule has 28 heavy (non-hydrogen) atoms. The zero-order chi connectivity index (χ0) is 19.8. The van der Waals surface area contributed by atoms with Crippen LogP contribution < -0.4 is 10.5 Å². The second-order valence-electron chi connectivity index (χ2n) is 7.78. The van der Waals surface area contributed by atoms with E-state index in [2.05, 4.69) is 9.80 Å². The highest BCUT2D eigenvalue weighted by molar-refractivity contribution is 6.35. The van der Waals surface area contributed by atoms with Gasteiger partial charge in [-0.2, -0.15) is 0 Å². The van der Waals surface area contributed by atoms with Gasteiger partial charge in [0.15, 0.2) is 0 Å². The maximum Gasteiger partial charge on any atom is 0.259 e. The Morgan fingerprint density at radius 3 is 2.39 bits per heavy atom. The second kappa shape index (κ2) is 8.05. The fraction of sp³-hybridized carbons (Fsp3) is 0.524. The largest absolute Gasteiger partial charge is 0.298 e.